The molecule has 0 aliphatic heterocycles. The monoisotopic (exact) mass is 399 g/mol. The van der Waals surface area contributed by atoms with Crippen LogP contribution in [0.1, 0.15) is 49.1 Å². The molecule has 1 aromatic heterocycles. The van der Waals surface area contributed by atoms with E-state index < -0.39 is 11.5 Å². The van der Waals surface area contributed by atoms with E-state index in [1.54, 1.807) is 22.9 Å². The summed E-state index contributed by atoms with van der Waals surface area (Å²) in [6, 6.07) is 6.06. The highest BCUT2D eigenvalue weighted by Gasteiger charge is 2.41. The number of nitrogens with one attached hydrogen (secondary N) is 1. The van der Waals surface area contributed by atoms with Gasteiger partial charge in [-0.2, -0.15) is 5.10 Å². The Morgan fingerprint density at radius 1 is 1.17 bits per heavy atom. The van der Waals surface area contributed by atoms with Gasteiger partial charge in [-0.25, -0.2) is 13.9 Å². The normalized spacial score (nSPS) is 16.0. The van der Waals surface area contributed by atoms with Crippen LogP contribution in [0.5, 0.6) is 0 Å². The molecule has 0 radical (unpaired) electrons. The van der Waals surface area contributed by atoms with E-state index >= 15 is 0 Å². The zero-order chi connectivity index (χ0) is 21.0. The molecule has 2 aromatic rings. The highest BCUT2D eigenvalue weighted by atomic mass is 19.1. The second-order valence-electron chi connectivity index (χ2n) is 7.43. The third kappa shape index (κ3) is 4.39. The number of hydrogen-bond acceptors (Lipinski definition) is 4. The van der Waals surface area contributed by atoms with E-state index in [1.807, 2.05) is 13.8 Å². The summed E-state index contributed by atoms with van der Waals surface area (Å²) in [7, 11) is 1.34. The van der Waals surface area contributed by atoms with E-state index in [1.165, 1.54) is 25.3 Å². The Labute approximate surface area is 169 Å². The van der Waals surface area contributed by atoms with Gasteiger partial charge in [0.25, 0.3) is 0 Å². The largest absolute Gasteiger partial charge is 0.467 e. The summed E-state index contributed by atoms with van der Waals surface area (Å²) < 4.78 is 19.8. The van der Waals surface area contributed by atoms with Gasteiger partial charge in [0, 0.05) is 17.3 Å². The van der Waals surface area contributed by atoms with Gasteiger partial charge >= 0.3 is 5.97 Å². The van der Waals surface area contributed by atoms with Crippen LogP contribution in [0.3, 0.4) is 0 Å². The first kappa shape index (κ1) is 20.8. The van der Waals surface area contributed by atoms with Crippen molar-refractivity contribution < 1.29 is 18.7 Å². The lowest BCUT2D eigenvalue weighted by Crippen LogP contribution is -2.55. The summed E-state index contributed by atoms with van der Waals surface area (Å²) in [5.74, 6) is -1.05. The smallest absolute Gasteiger partial charge is 0.331 e. The van der Waals surface area contributed by atoms with E-state index in [2.05, 4.69) is 10.4 Å². The number of hydrogen-bond donors (Lipinski definition) is 1. The van der Waals surface area contributed by atoms with Crippen LogP contribution in [0, 0.1) is 19.7 Å². The van der Waals surface area contributed by atoms with Crippen molar-refractivity contribution in [3.05, 3.63) is 53.1 Å². The standard InChI is InChI=1S/C22H26FN3O3/c1-15-19(16(2)26(25-15)18-9-7-17(23)8-10-18)11-12-20(27)24-22(21(28)29-3)13-5-4-6-14-22/h7-12H,4-6,13-14H2,1-3H3,(H,24,27)/b12-11+. The summed E-state index contributed by atoms with van der Waals surface area (Å²) in [5.41, 5.74) is 2.18. The first-order chi connectivity index (χ1) is 13.9. The predicted molar refractivity (Wildman–Crippen MR) is 108 cm³/mol. The van der Waals surface area contributed by atoms with Crippen LogP contribution in [0.25, 0.3) is 11.8 Å². The van der Waals surface area contributed by atoms with E-state index in [0.29, 0.717) is 12.8 Å². The van der Waals surface area contributed by atoms with Crippen molar-refractivity contribution >= 4 is 18.0 Å². The van der Waals surface area contributed by atoms with Gasteiger partial charge in [-0.1, -0.05) is 19.3 Å². The maximum absolute atomic E-state index is 13.2. The van der Waals surface area contributed by atoms with Crippen LogP contribution >= 0.6 is 0 Å². The number of ether oxygens (including phenoxy) is 1. The first-order valence-corrected chi connectivity index (χ1v) is 9.77. The predicted octanol–water partition coefficient (Wildman–Crippen LogP) is 3.63. The Hall–Kier alpha value is -2.96. The number of carbonyl (C=O) groups is 2. The number of halogens is 1. The molecule has 0 bridgehead atoms. The van der Waals surface area contributed by atoms with Crippen LogP contribution in [0.4, 0.5) is 4.39 Å². The van der Waals surface area contributed by atoms with Crippen molar-refractivity contribution in [2.75, 3.05) is 7.11 Å². The van der Waals surface area contributed by atoms with E-state index in [4.69, 9.17) is 4.74 Å². The quantitative estimate of drug-likeness (QED) is 0.615. The molecule has 1 aliphatic carbocycles. The fourth-order valence-electron chi connectivity index (χ4n) is 3.90. The van der Waals surface area contributed by atoms with Crippen LogP contribution in [-0.2, 0) is 14.3 Å². The van der Waals surface area contributed by atoms with Gasteiger partial charge in [0.1, 0.15) is 11.4 Å². The molecule has 29 heavy (non-hydrogen) atoms. The number of aromatic nitrogens is 2. The van der Waals surface area contributed by atoms with Crippen molar-refractivity contribution in [3.8, 4) is 5.69 Å². The second kappa shape index (κ2) is 8.59. The summed E-state index contributed by atoms with van der Waals surface area (Å²) in [6.07, 6.45) is 7.08. The van der Waals surface area contributed by atoms with Gasteiger partial charge in [-0.15, -0.1) is 0 Å². The Kier molecular flexibility index (Phi) is 6.15. The minimum absolute atomic E-state index is 0.311. The molecular formula is C22H26FN3O3. The summed E-state index contributed by atoms with van der Waals surface area (Å²) in [5, 5.41) is 7.36. The Bertz CT molecular complexity index is 926. The van der Waals surface area contributed by atoms with E-state index in [9.17, 15) is 14.0 Å². The Balaban J connectivity index is 1.79. The first-order valence-electron chi connectivity index (χ1n) is 9.77. The topological polar surface area (TPSA) is 73.2 Å². The maximum atomic E-state index is 13.2. The average molecular weight is 399 g/mol. The van der Waals surface area contributed by atoms with Crippen LogP contribution in [0.2, 0.25) is 0 Å². The zero-order valence-corrected chi connectivity index (χ0v) is 17.0. The molecule has 1 amide bonds. The molecule has 1 aromatic carbocycles. The van der Waals surface area contributed by atoms with Crippen LogP contribution < -0.4 is 5.32 Å². The molecule has 154 valence electrons. The van der Waals surface area contributed by atoms with Gasteiger partial charge in [0.05, 0.1) is 18.5 Å². The van der Waals surface area contributed by atoms with Crippen molar-refractivity contribution in [1.82, 2.24) is 15.1 Å². The number of carbonyl (C=O) groups excluding carboxylic acids is 2. The lowest BCUT2D eigenvalue weighted by molar-refractivity contribution is -0.152. The molecule has 1 saturated carbocycles. The average Bonchev–Trinajstić information content (AvgIpc) is 3.00. The zero-order valence-electron chi connectivity index (χ0n) is 17.0. The number of rotatable bonds is 5. The molecule has 7 heteroatoms. The maximum Gasteiger partial charge on any atom is 0.331 e. The van der Waals surface area contributed by atoms with E-state index in [-0.39, 0.29) is 11.7 Å². The van der Waals surface area contributed by atoms with Crippen molar-refractivity contribution in [2.24, 2.45) is 0 Å². The van der Waals surface area contributed by atoms with Crippen molar-refractivity contribution in [3.63, 3.8) is 0 Å². The molecule has 0 atom stereocenters. The molecule has 1 N–H and O–H groups in total. The van der Waals surface area contributed by atoms with Crippen molar-refractivity contribution in [2.45, 2.75) is 51.5 Å². The molecule has 0 saturated heterocycles. The van der Waals surface area contributed by atoms with Gasteiger partial charge < -0.3 is 10.1 Å². The fraction of sp³-hybridized carbons (Fsp3) is 0.409. The van der Waals surface area contributed by atoms with Crippen molar-refractivity contribution in [1.29, 1.82) is 0 Å². The van der Waals surface area contributed by atoms with E-state index in [0.717, 1.165) is 41.9 Å². The third-order valence-electron chi connectivity index (χ3n) is 5.47. The Morgan fingerprint density at radius 3 is 2.45 bits per heavy atom. The lowest BCUT2D eigenvalue weighted by atomic mass is 9.81. The highest BCUT2D eigenvalue weighted by Crippen LogP contribution is 2.29. The molecule has 6 nitrogen and oxygen atoms in total. The molecule has 3 rings (SSSR count). The molecule has 1 heterocycles. The molecule has 1 aliphatic rings. The summed E-state index contributed by atoms with van der Waals surface area (Å²) in [4.78, 5) is 24.9. The lowest BCUT2D eigenvalue weighted by Gasteiger charge is -2.34. The Morgan fingerprint density at radius 2 is 1.83 bits per heavy atom. The fourth-order valence-corrected chi connectivity index (χ4v) is 3.90. The SMILES string of the molecule is COC(=O)C1(NC(=O)/C=C/c2c(C)nn(-c3ccc(F)cc3)c2C)CCCCC1. The third-order valence-corrected chi connectivity index (χ3v) is 5.47. The van der Waals surface area contributed by atoms with Gasteiger partial charge in [0.2, 0.25) is 5.91 Å². The number of nitrogens with zero attached hydrogens (tertiary/aromatic N) is 2. The highest BCUT2D eigenvalue weighted by molar-refractivity contribution is 5.96. The summed E-state index contributed by atoms with van der Waals surface area (Å²) >= 11 is 0. The van der Waals surface area contributed by atoms with Crippen LogP contribution in [0.15, 0.2) is 30.3 Å². The number of aryl methyl sites for hydroxylation is 1. The minimum atomic E-state index is -0.948. The number of methoxy groups -OCH3 is 1. The number of benzene rings is 1. The molecular weight excluding hydrogens is 373 g/mol. The minimum Gasteiger partial charge on any atom is -0.467 e. The summed E-state index contributed by atoms with van der Waals surface area (Å²) in [6.45, 7) is 3.74. The number of amides is 1. The van der Waals surface area contributed by atoms with Crippen LogP contribution in [-0.4, -0.2) is 34.3 Å². The van der Waals surface area contributed by atoms with Gasteiger partial charge in [-0.05, 0) is 57.0 Å². The number of esters is 1. The van der Waals surface area contributed by atoms with Gasteiger partial charge in [-0.3, -0.25) is 4.79 Å². The second-order valence-corrected chi connectivity index (χ2v) is 7.43. The molecule has 0 spiro atoms. The van der Waals surface area contributed by atoms with Gasteiger partial charge in [0.15, 0.2) is 0 Å². The molecule has 1 fully saturated rings. The molecule has 0 unspecified atom stereocenters.